The van der Waals surface area contributed by atoms with Crippen molar-refractivity contribution in [3.05, 3.63) is 18.2 Å². The van der Waals surface area contributed by atoms with Gasteiger partial charge in [0.1, 0.15) is 5.75 Å². The van der Waals surface area contributed by atoms with E-state index < -0.39 is 0 Å². The summed E-state index contributed by atoms with van der Waals surface area (Å²) in [6.07, 6.45) is 3.79. The van der Waals surface area contributed by atoms with Crippen molar-refractivity contribution in [2.45, 2.75) is 26.2 Å². The molecule has 4 nitrogen and oxygen atoms in total. The first-order chi connectivity index (χ1) is 8.70. The summed E-state index contributed by atoms with van der Waals surface area (Å²) in [5.74, 6) is 0.620. The number of nitrogens with one attached hydrogen (secondary N) is 1. The van der Waals surface area contributed by atoms with Crippen molar-refractivity contribution in [3.63, 3.8) is 0 Å². The maximum absolute atomic E-state index is 11.2. The molecule has 0 unspecified atom stereocenters. The summed E-state index contributed by atoms with van der Waals surface area (Å²) in [7, 11) is 1.61. The maximum atomic E-state index is 11.2. The van der Waals surface area contributed by atoms with Gasteiger partial charge in [-0.3, -0.25) is 4.79 Å². The number of carbonyl (C=O) groups is 1. The van der Waals surface area contributed by atoms with E-state index in [0.29, 0.717) is 5.75 Å². The molecule has 2 rings (SSSR count). The lowest BCUT2D eigenvalue weighted by molar-refractivity contribution is -0.114. The van der Waals surface area contributed by atoms with Gasteiger partial charge >= 0.3 is 0 Å². The minimum absolute atomic E-state index is 0.0795. The average molecular weight is 248 g/mol. The Labute approximate surface area is 108 Å². The number of amides is 1. The Bertz CT molecular complexity index is 426. The van der Waals surface area contributed by atoms with E-state index in [1.807, 2.05) is 12.1 Å². The number of anilines is 2. The van der Waals surface area contributed by atoms with Gasteiger partial charge in [0, 0.05) is 25.7 Å². The minimum atomic E-state index is -0.0795. The summed E-state index contributed by atoms with van der Waals surface area (Å²) in [5.41, 5.74) is 1.90. The highest BCUT2D eigenvalue weighted by atomic mass is 16.5. The van der Waals surface area contributed by atoms with E-state index in [1.54, 1.807) is 7.11 Å². The van der Waals surface area contributed by atoms with Crippen LogP contribution in [0.1, 0.15) is 26.2 Å². The Hall–Kier alpha value is -1.71. The molecule has 1 N–H and O–H groups in total. The molecule has 1 fully saturated rings. The van der Waals surface area contributed by atoms with Crippen molar-refractivity contribution < 1.29 is 9.53 Å². The second kappa shape index (κ2) is 5.76. The summed E-state index contributed by atoms with van der Waals surface area (Å²) < 4.78 is 5.26. The molecule has 0 aliphatic carbocycles. The smallest absolute Gasteiger partial charge is 0.221 e. The van der Waals surface area contributed by atoms with Gasteiger partial charge in [0.05, 0.1) is 12.8 Å². The molecular formula is C14H20N2O2. The molecule has 0 bridgehead atoms. The number of methoxy groups -OCH3 is 1. The summed E-state index contributed by atoms with van der Waals surface area (Å²) in [5, 5.41) is 2.81. The molecule has 1 aliphatic rings. The first-order valence-corrected chi connectivity index (χ1v) is 6.41. The van der Waals surface area contributed by atoms with Crippen molar-refractivity contribution in [1.29, 1.82) is 0 Å². The highest BCUT2D eigenvalue weighted by Gasteiger charge is 2.13. The summed E-state index contributed by atoms with van der Waals surface area (Å²) in [6.45, 7) is 3.69. The van der Waals surface area contributed by atoms with Gasteiger partial charge in [-0.25, -0.2) is 0 Å². The third kappa shape index (κ3) is 2.94. The average Bonchev–Trinajstić information content (AvgIpc) is 2.39. The van der Waals surface area contributed by atoms with Gasteiger partial charge in [0.2, 0.25) is 5.91 Å². The van der Waals surface area contributed by atoms with Crippen molar-refractivity contribution in [3.8, 4) is 5.75 Å². The van der Waals surface area contributed by atoms with Crippen LogP contribution in [0.15, 0.2) is 18.2 Å². The Morgan fingerprint density at radius 2 is 2.00 bits per heavy atom. The zero-order chi connectivity index (χ0) is 13.0. The van der Waals surface area contributed by atoms with Gasteiger partial charge in [0.15, 0.2) is 0 Å². The van der Waals surface area contributed by atoms with Crippen molar-refractivity contribution >= 4 is 17.3 Å². The molecule has 0 spiro atoms. The Morgan fingerprint density at radius 3 is 2.61 bits per heavy atom. The van der Waals surface area contributed by atoms with Crippen molar-refractivity contribution in [2.24, 2.45) is 0 Å². The van der Waals surface area contributed by atoms with Crippen LogP contribution >= 0.6 is 0 Å². The normalized spacial score (nSPS) is 15.3. The molecule has 1 saturated heterocycles. The van der Waals surface area contributed by atoms with E-state index in [0.717, 1.165) is 24.5 Å². The number of carbonyl (C=O) groups excluding carboxylic acids is 1. The number of hydrogen-bond donors (Lipinski definition) is 1. The second-order valence-electron chi connectivity index (χ2n) is 4.61. The lowest BCUT2D eigenvalue weighted by Gasteiger charge is -2.29. The largest absolute Gasteiger partial charge is 0.495 e. The quantitative estimate of drug-likeness (QED) is 0.894. The lowest BCUT2D eigenvalue weighted by atomic mass is 10.1. The van der Waals surface area contributed by atoms with E-state index in [4.69, 9.17) is 4.74 Å². The maximum Gasteiger partial charge on any atom is 0.221 e. The van der Waals surface area contributed by atoms with Crippen LogP contribution in [0.4, 0.5) is 11.4 Å². The first-order valence-electron chi connectivity index (χ1n) is 6.41. The zero-order valence-electron chi connectivity index (χ0n) is 11.0. The van der Waals surface area contributed by atoms with Gasteiger partial charge in [-0.2, -0.15) is 0 Å². The van der Waals surface area contributed by atoms with E-state index in [1.165, 1.54) is 26.2 Å². The molecule has 0 saturated carbocycles. The van der Waals surface area contributed by atoms with E-state index in [9.17, 15) is 4.79 Å². The number of hydrogen-bond acceptors (Lipinski definition) is 3. The molecule has 1 amide bonds. The van der Waals surface area contributed by atoms with Crippen LogP contribution in [-0.4, -0.2) is 26.1 Å². The van der Waals surface area contributed by atoms with Crippen LogP contribution in [0.25, 0.3) is 0 Å². The van der Waals surface area contributed by atoms with Gasteiger partial charge in [-0.05, 0) is 37.5 Å². The number of rotatable bonds is 3. The number of nitrogens with zero attached hydrogens (tertiary/aromatic N) is 1. The highest BCUT2D eigenvalue weighted by molar-refractivity contribution is 5.91. The Balaban J connectivity index is 2.23. The number of piperidine rings is 1. The van der Waals surface area contributed by atoms with E-state index >= 15 is 0 Å². The standard InChI is InChI=1S/C14H20N2O2/c1-11(17)15-13-10-12(6-7-14(13)18-2)16-8-4-3-5-9-16/h6-7,10H,3-5,8-9H2,1-2H3,(H,15,17). The fourth-order valence-electron chi connectivity index (χ4n) is 2.33. The number of benzene rings is 1. The second-order valence-corrected chi connectivity index (χ2v) is 4.61. The molecule has 1 aliphatic heterocycles. The summed E-state index contributed by atoms with van der Waals surface area (Å²) in [4.78, 5) is 13.5. The fourth-order valence-corrected chi connectivity index (χ4v) is 2.33. The first kappa shape index (κ1) is 12.7. The van der Waals surface area contributed by atoms with Crippen LogP contribution in [0.5, 0.6) is 5.75 Å². The van der Waals surface area contributed by atoms with Crippen LogP contribution in [0.3, 0.4) is 0 Å². The Morgan fingerprint density at radius 1 is 1.28 bits per heavy atom. The van der Waals surface area contributed by atoms with Gasteiger partial charge in [-0.15, -0.1) is 0 Å². The minimum Gasteiger partial charge on any atom is -0.495 e. The molecule has 1 aromatic rings. The molecule has 0 atom stereocenters. The van der Waals surface area contributed by atoms with Crippen LogP contribution in [-0.2, 0) is 4.79 Å². The zero-order valence-corrected chi connectivity index (χ0v) is 11.0. The van der Waals surface area contributed by atoms with Gasteiger partial charge < -0.3 is 15.0 Å². The summed E-state index contributed by atoms with van der Waals surface area (Å²) >= 11 is 0. The molecular weight excluding hydrogens is 228 g/mol. The molecule has 1 heterocycles. The molecule has 0 radical (unpaired) electrons. The Kier molecular flexibility index (Phi) is 4.07. The number of ether oxygens (including phenoxy) is 1. The van der Waals surface area contributed by atoms with Crippen molar-refractivity contribution in [2.75, 3.05) is 30.4 Å². The van der Waals surface area contributed by atoms with E-state index in [2.05, 4.69) is 16.3 Å². The monoisotopic (exact) mass is 248 g/mol. The predicted molar refractivity (Wildman–Crippen MR) is 73.4 cm³/mol. The van der Waals surface area contributed by atoms with E-state index in [-0.39, 0.29) is 5.91 Å². The predicted octanol–water partition coefficient (Wildman–Crippen LogP) is 2.64. The molecule has 1 aromatic carbocycles. The summed E-state index contributed by atoms with van der Waals surface area (Å²) in [6, 6.07) is 5.95. The topological polar surface area (TPSA) is 41.6 Å². The third-order valence-corrected chi connectivity index (χ3v) is 3.21. The highest BCUT2D eigenvalue weighted by Crippen LogP contribution is 2.30. The van der Waals surface area contributed by atoms with Crippen LogP contribution in [0, 0.1) is 0 Å². The fraction of sp³-hybridized carbons (Fsp3) is 0.500. The molecule has 18 heavy (non-hydrogen) atoms. The van der Waals surface area contributed by atoms with Crippen LogP contribution in [0.2, 0.25) is 0 Å². The van der Waals surface area contributed by atoms with Gasteiger partial charge in [0.25, 0.3) is 0 Å². The third-order valence-electron chi connectivity index (χ3n) is 3.21. The molecule has 98 valence electrons. The van der Waals surface area contributed by atoms with Crippen molar-refractivity contribution in [1.82, 2.24) is 0 Å². The molecule has 4 heteroatoms. The SMILES string of the molecule is COc1ccc(N2CCCCC2)cc1NC(C)=O. The molecule has 0 aromatic heterocycles. The van der Waals surface area contributed by atoms with Gasteiger partial charge in [-0.1, -0.05) is 0 Å². The lowest BCUT2D eigenvalue weighted by Crippen LogP contribution is -2.29. The van der Waals surface area contributed by atoms with Crippen LogP contribution < -0.4 is 15.0 Å².